The summed E-state index contributed by atoms with van der Waals surface area (Å²) in [4.78, 5) is 8.12. The molecule has 1 aromatic carbocycles. The molecule has 2 heterocycles. The molecule has 11 heteroatoms. The smallest absolute Gasteiger partial charge is 0.228 e. The van der Waals surface area contributed by atoms with E-state index < -0.39 is 9.84 Å². The lowest BCUT2D eigenvalue weighted by Crippen LogP contribution is -2.09. The molecule has 24 heavy (non-hydrogen) atoms. The summed E-state index contributed by atoms with van der Waals surface area (Å²) in [6.45, 7) is 1.62. The second-order valence-corrected chi connectivity index (χ2v) is 8.44. The Hall–Kier alpha value is -1.06. The van der Waals surface area contributed by atoms with Crippen molar-refractivity contribution >= 4 is 67.6 Å². The number of aryl methyl sites for hydroxylation is 1. The van der Waals surface area contributed by atoms with E-state index in [1.807, 2.05) is 0 Å². The van der Waals surface area contributed by atoms with Crippen molar-refractivity contribution < 1.29 is 8.42 Å². The van der Waals surface area contributed by atoms with Crippen LogP contribution in [0.1, 0.15) is 5.82 Å². The fourth-order valence-electron chi connectivity index (χ4n) is 2.15. The van der Waals surface area contributed by atoms with E-state index in [1.165, 1.54) is 22.3 Å². The van der Waals surface area contributed by atoms with Crippen LogP contribution in [0.25, 0.3) is 11.0 Å². The third kappa shape index (κ3) is 2.86. The van der Waals surface area contributed by atoms with E-state index in [0.717, 1.165) is 11.9 Å². The van der Waals surface area contributed by atoms with Crippen LogP contribution in [0.15, 0.2) is 28.1 Å². The number of sulfone groups is 1. The van der Waals surface area contributed by atoms with Gasteiger partial charge in [0, 0.05) is 11.3 Å². The van der Waals surface area contributed by atoms with Crippen molar-refractivity contribution in [3.05, 3.63) is 39.2 Å². The van der Waals surface area contributed by atoms with Crippen LogP contribution in [0, 0.1) is 6.92 Å². The summed E-state index contributed by atoms with van der Waals surface area (Å²) in [7, 11) is -4.01. The molecule has 0 saturated carbocycles. The molecule has 0 amide bonds. The predicted octanol–water partition coefficient (Wildman–Crippen LogP) is 4.05. The third-order valence-corrected chi connectivity index (χ3v) is 6.59. The fraction of sp³-hybridized carbons (Fsp3) is 0.154. The van der Waals surface area contributed by atoms with E-state index in [4.69, 9.17) is 34.8 Å². The van der Waals surface area contributed by atoms with Crippen LogP contribution >= 0.6 is 46.8 Å². The summed E-state index contributed by atoms with van der Waals surface area (Å²) < 4.78 is 27.5. The number of halogens is 3. The number of hydrogen-bond donors (Lipinski definition) is 0. The Balaban J connectivity index is 2.39. The van der Waals surface area contributed by atoms with E-state index in [0.29, 0.717) is 10.8 Å². The molecule has 0 fully saturated rings. The van der Waals surface area contributed by atoms with E-state index in [9.17, 15) is 8.42 Å². The minimum atomic E-state index is -4.01. The van der Waals surface area contributed by atoms with Gasteiger partial charge in [0.1, 0.15) is 11.3 Å². The van der Waals surface area contributed by atoms with Crippen molar-refractivity contribution in [1.29, 1.82) is 0 Å². The van der Waals surface area contributed by atoms with Crippen LogP contribution in [-0.2, 0) is 9.84 Å². The zero-order chi connectivity index (χ0) is 17.6. The van der Waals surface area contributed by atoms with Gasteiger partial charge in [-0.15, -0.1) is 0 Å². The molecular weight excluding hydrogens is 415 g/mol. The third-order valence-electron chi connectivity index (χ3n) is 3.13. The molecule has 126 valence electrons. The van der Waals surface area contributed by atoms with Crippen molar-refractivity contribution in [2.24, 2.45) is 0 Å². The molecule has 0 atom stereocenters. The largest absolute Gasteiger partial charge is 0.228 e. The highest BCUT2D eigenvalue weighted by molar-refractivity contribution is 7.98. The normalized spacial score (nSPS) is 12.0. The zero-order valence-corrected chi connectivity index (χ0v) is 16.2. The van der Waals surface area contributed by atoms with Gasteiger partial charge in [-0.1, -0.05) is 34.8 Å². The fourth-order valence-corrected chi connectivity index (χ4v) is 5.46. The molecule has 0 N–H and O–H groups in total. The molecule has 0 radical (unpaired) electrons. The molecule has 0 saturated heterocycles. The van der Waals surface area contributed by atoms with Crippen LogP contribution in [0.2, 0.25) is 15.2 Å². The lowest BCUT2D eigenvalue weighted by Gasteiger charge is -2.08. The Labute approximate surface area is 157 Å². The minimum absolute atomic E-state index is 0.0152. The predicted molar refractivity (Wildman–Crippen MR) is 95.9 cm³/mol. The minimum Gasteiger partial charge on any atom is -0.228 e. The first-order valence-electron chi connectivity index (χ1n) is 6.43. The lowest BCUT2D eigenvalue weighted by atomic mass is 10.4. The molecular formula is C13H9Cl3N4O2S2. The molecule has 0 aliphatic carbocycles. The van der Waals surface area contributed by atoms with Gasteiger partial charge in [-0.25, -0.2) is 18.4 Å². The molecule has 0 bridgehead atoms. The number of fused-ring (bicyclic) bond motifs is 1. The monoisotopic (exact) mass is 422 g/mol. The highest BCUT2D eigenvalue weighted by atomic mass is 35.5. The Kier molecular flexibility index (Phi) is 4.69. The van der Waals surface area contributed by atoms with Gasteiger partial charge in [0.15, 0.2) is 15.7 Å². The van der Waals surface area contributed by atoms with Crippen molar-refractivity contribution in [3.8, 4) is 0 Å². The maximum absolute atomic E-state index is 13.1. The standard InChI is InChI=1S/C13H9Cl3N4O2S2/c1-6-17-11-10(12(16)18-6)19-20(23-2)13(11)24(21,22)9-4-3-7(14)5-8(9)15/h3-5H,1-2H3. The van der Waals surface area contributed by atoms with Crippen LogP contribution in [0.4, 0.5) is 0 Å². The molecule has 0 aliphatic rings. The Morgan fingerprint density at radius 2 is 1.83 bits per heavy atom. The number of nitrogens with zero attached hydrogens (tertiary/aromatic N) is 4. The second kappa shape index (κ2) is 6.34. The highest BCUT2D eigenvalue weighted by Gasteiger charge is 2.31. The zero-order valence-electron chi connectivity index (χ0n) is 12.3. The van der Waals surface area contributed by atoms with Crippen molar-refractivity contribution in [2.45, 2.75) is 16.8 Å². The summed E-state index contributed by atoms with van der Waals surface area (Å²) in [5.74, 6) is 0.340. The van der Waals surface area contributed by atoms with Gasteiger partial charge in [-0.3, -0.25) is 0 Å². The SMILES string of the molecule is CSn1nc2c(Cl)nc(C)nc2c1S(=O)(=O)c1ccc(Cl)cc1Cl. The summed E-state index contributed by atoms with van der Waals surface area (Å²) in [6, 6.07) is 4.17. The molecule has 2 aromatic heterocycles. The van der Waals surface area contributed by atoms with Gasteiger partial charge in [0.2, 0.25) is 9.84 Å². The average Bonchev–Trinajstić information content (AvgIpc) is 2.86. The van der Waals surface area contributed by atoms with Crippen molar-refractivity contribution in [3.63, 3.8) is 0 Å². The quantitative estimate of drug-likeness (QED) is 0.591. The van der Waals surface area contributed by atoms with E-state index >= 15 is 0 Å². The molecule has 3 aromatic rings. The van der Waals surface area contributed by atoms with Crippen molar-refractivity contribution in [1.82, 2.24) is 19.2 Å². The van der Waals surface area contributed by atoms with E-state index in [-0.39, 0.29) is 31.1 Å². The molecule has 0 aliphatic heterocycles. The van der Waals surface area contributed by atoms with Gasteiger partial charge in [-0.05, 0) is 37.1 Å². The van der Waals surface area contributed by atoms with Crippen molar-refractivity contribution in [2.75, 3.05) is 6.26 Å². The Morgan fingerprint density at radius 3 is 2.46 bits per heavy atom. The average molecular weight is 424 g/mol. The second-order valence-electron chi connectivity index (χ2n) is 4.70. The summed E-state index contributed by atoms with van der Waals surface area (Å²) in [6.07, 6.45) is 1.68. The first-order chi connectivity index (χ1) is 11.3. The first-order valence-corrected chi connectivity index (χ1v) is 10.2. The van der Waals surface area contributed by atoms with Crippen LogP contribution < -0.4 is 0 Å². The number of hydrogen-bond acceptors (Lipinski definition) is 6. The van der Waals surface area contributed by atoms with E-state index in [2.05, 4.69) is 15.1 Å². The van der Waals surface area contributed by atoms with Crippen LogP contribution in [-0.4, -0.2) is 33.8 Å². The highest BCUT2D eigenvalue weighted by Crippen LogP contribution is 2.35. The maximum atomic E-state index is 13.1. The Morgan fingerprint density at radius 1 is 1.12 bits per heavy atom. The lowest BCUT2D eigenvalue weighted by molar-refractivity contribution is 0.591. The van der Waals surface area contributed by atoms with Crippen LogP contribution in [0.3, 0.4) is 0 Å². The topological polar surface area (TPSA) is 77.7 Å². The van der Waals surface area contributed by atoms with E-state index in [1.54, 1.807) is 13.2 Å². The first kappa shape index (κ1) is 17.8. The Bertz CT molecular complexity index is 1070. The molecule has 0 unspecified atom stereocenters. The van der Waals surface area contributed by atoms with Gasteiger partial charge in [-0.2, -0.15) is 9.19 Å². The van der Waals surface area contributed by atoms with Gasteiger partial charge < -0.3 is 0 Å². The number of benzene rings is 1. The molecule has 3 rings (SSSR count). The number of aromatic nitrogens is 4. The van der Waals surface area contributed by atoms with Gasteiger partial charge in [0.05, 0.1) is 9.92 Å². The summed E-state index contributed by atoms with van der Waals surface area (Å²) >= 11 is 19.1. The maximum Gasteiger partial charge on any atom is 0.228 e. The molecule has 6 nitrogen and oxygen atoms in total. The molecule has 0 spiro atoms. The van der Waals surface area contributed by atoms with Gasteiger partial charge >= 0.3 is 0 Å². The van der Waals surface area contributed by atoms with Crippen LogP contribution in [0.5, 0.6) is 0 Å². The van der Waals surface area contributed by atoms with Gasteiger partial charge in [0.25, 0.3) is 0 Å². The number of rotatable bonds is 3. The summed E-state index contributed by atoms with van der Waals surface area (Å²) in [5, 5.41) is 4.51. The summed E-state index contributed by atoms with van der Waals surface area (Å²) in [5.41, 5.74) is 0.355.